The number of anilines is 1. The van der Waals surface area contributed by atoms with E-state index in [1.807, 2.05) is 54.6 Å². The van der Waals surface area contributed by atoms with Crippen molar-refractivity contribution < 1.29 is 19.1 Å². The number of benzene rings is 2. The number of nitrogens with zero attached hydrogens (tertiary/aromatic N) is 2. The number of para-hydroxylation sites is 1. The van der Waals surface area contributed by atoms with Crippen molar-refractivity contribution in [1.29, 1.82) is 0 Å². The summed E-state index contributed by atoms with van der Waals surface area (Å²) in [5.74, 6) is 0.162. The Kier molecular flexibility index (Phi) is 7.59. The van der Waals surface area contributed by atoms with Gasteiger partial charge in [0, 0.05) is 33.3 Å². The second-order valence-electron chi connectivity index (χ2n) is 8.52. The molecule has 33 heavy (non-hydrogen) atoms. The number of amides is 2. The molecule has 0 aromatic heterocycles. The number of rotatable bonds is 9. The lowest BCUT2D eigenvalue weighted by atomic mass is 9.84. The van der Waals surface area contributed by atoms with Gasteiger partial charge in [-0.25, -0.2) is 10.4 Å². The van der Waals surface area contributed by atoms with E-state index >= 15 is 0 Å². The maximum absolute atomic E-state index is 13.2. The molecule has 2 heterocycles. The van der Waals surface area contributed by atoms with E-state index in [2.05, 4.69) is 15.6 Å². The third-order valence-corrected chi connectivity index (χ3v) is 6.43. The largest absolute Gasteiger partial charge is 0.497 e. The fraction of sp³-hybridized carbons (Fsp3) is 0.440. The Balaban J connectivity index is 1.43. The molecule has 2 aliphatic heterocycles. The average Bonchev–Trinajstić information content (AvgIpc) is 3.19. The van der Waals surface area contributed by atoms with Crippen LogP contribution >= 0.6 is 0 Å². The molecule has 8 nitrogen and oxygen atoms in total. The molecule has 176 valence electrons. The molecule has 0 radical (unpaired) electrons. The third-order valence-electron chi connectivity index (χ3n) is 6.43. The smallest absolute Gasteiger partial charge is 0.247 e. The molecule has 8 heteroatoms. The van der Waals surface area contributed by atoms with Crippen LogP contribution < -0.4 is 20.5 Å². The molecule has 3 unspecified atom stereocenters. The van der Waals surface area contributed by atoms with E-state index in [4.69, 9.17) is 9.47 Å². The van der Waals surface area contributed by atoms with Gasteiger partial charge in [0.25, 0.3) is 0 Å². The topological polar surface area (TPSA) is 83.1 Å². The lowest BCUT2D eigenvalue weighted by Crippen LogP contribution is -2.57. The molecule has 0 spiro atoms. The summed E-state index contributed by atoms with van der Waals surface area (Å²) >= 11 is 0. The number of ether oxygens (including phenoxy) is 2. The van der Waals surface area contributed by atoms with Crippen LogP contribution in [0.5, 0.6) is 5.75 Å². The standard InChI is InChI=1S/C25H32N4O4/c1-32-15-14-28-16-21(24(30)26-13-12-18-8-10-20(33-2)11-9-18)23-22(17-28)25(31)29(27-23)19-6-4-3-5-7-19/h3-11,21-23,27H,12-17H2,1-2H3,(H,26,30). The molecule has 2 fully saturated rings. The molecule has 0 aliphatic carbocycles. The minimum atomic E-state index is -0.339. The summed E-state index contributed by atoms with van der Waals surface area (Å²) in [5.41, 5.74) is 5.26. The van der Waals surface area contributed by atoms with Gasteiger partial charge in [-0.05, 0) is 36.2 Å². The SMILES string of the molecule is COCCN1CC(C(=O)NCCc2ccc(OC)cc2)C2NN(c3ccccc3)C(=O)C2C1. The van der Waals surface area contributed by atoms with E-state index < -0.39 is 0 Å². The first kappa shape index (κ1) is 23.2. The summed E-state index contributed by atoms with van der Waals surface area (Å²) in [6.07, 6.45) is 0.729. The molecule has 4 rings (SSSR count). The molecule has 2 N–H and O–H groups in total. The Morgan fingerprint density at radius 2 is 1.85 bits per heavy atom. The van der Waals surface area contributed by atoms with Crippen LogP contribution in [0.2, 0.25) is 0 Å². The minimum Gasteiger partial charge on any atom is -0.497 e. The Morgan fingerprint density at radius 3 is 2.55 bits per heavy atom. The second kappa shape index (κ2) is 10.8. The van der Waals surface area contributed by atoms with Gasteiger partial charge in [0.1, 0.15) is 5.75 Å². The quantitative estimate of drug-likeness (QED) is 0.600. The third kappa shape index (κ3) is 5.35. The van der Waals surface area contributed by atoms with E-state index in [1.165, 1.54) is 0 Å². The summed E-state index contributed by atoms with van der Waals surface area (Å²) in [5, 5.41) is 4.69. The highest BCUT2D eigenvalue weighted by atomic mass is 16.5. The van der Waals surface area contributed by atoms with E-state index in [9.17, 15) is 9.59 Å². The van der Waals surface area contributed by atoms with Gasteiger partial charge in [0.15, 0.2) is 0 Å². The number of methoxy groups -OCH3 is 2. The van der Waals surface area contributed by atoms with Gasteiger partial charge < -0.3 is 14.8 Å². The number of carbonyl (C=O) groups excluding carboxylic acids is 2. The van der Waals surface area contributed by atoms with Gasteiger partial charge >= 0.3 is 0 Å². The Labute approximate surface area is 194 Å². The zero-order valence-corrected chi connectivity index (χ0v) is 19.2. The summed E-state index contributed by atoms with van der Waals surface area (Å²) in [7, 11) is 3.30. The van der Waals surface area contributed by atoms with E-state index in [0.717, 1.165) is 23.4 Å². The number of nitrogens with one attached hydrogen (secondary N) is 2. The lowest BCUT2D eigenvalue weighted by molar-refractivity contribution is -0.130. The molecular formula is C25H32N4O4. The number of piperidine rings is 1. The lowest BCUT2D eigenvalue weighted by Gasteiger charge is -2.38. The van der Waals surface area contributed by atoms with Crippen LogP contribution in [0.4, 0.5) is 5.69 Å². The van der Waals surface area contributed by atoms with Crippen LogP contribution in [0.1, 0.15) is 5.56 Å². The zero-order chi connectivity index (χ0) is 23.2. The number of likely N-dealkylation sites (tertiary alicyclic amines) is 1. The van der Waals surface area contributed by atoms with Crippen molar-refractivity contribution in [2.24, 2.45) is 11.8 Å². The number of carbonyl (C=O) groups is 2. The highest BCUT2D eigenvalue weighted by Crippen LogP contribution is 2.31. The Morgan fingerprint density at radius 1 is 1.09 bits per heavy atom. The number of hydrogen-bond donors (Lipinski definition) is 2. The van der Waals surface area contributed by atoms with Crippen LogP contribution in [0, 0.1) is 11.8 Å². The molecule has 2 aromatic carbocycles. The van der Waals surface area contributed by atoms with Gasteiger partial charge in [0.05, 0.1) is 37.3 Å². The summed E-state index contributed by atoms with van der Waals surface area (Å²) in [6.45, 7) is 2.98. The van der Waals surface area contributed by atoms with Gasteiger partial charge in [-0.15, -0.1) is 0 Å². The van der Waals surface area contributed by atoms with Crippen molar-refractivity contribution in [2.75, 3.05) is 52.0 Å². The zero-order valence-electron chi connectivity index (χ0n) is 19.2. The van der Waals surface area contributed by atoms with Crippen molar-refractivity contribution in [3.05, 3.63) is 60.2 Å². The average molecular weight is 453 g/mol. The molecule has 0 saturated carbocycles. The Hall–Kier alpha value is -2.94. The highest BCUT2D eigenvalue weighted by molar-refractivity contribution is 5.98. The molecule has 2 aliphatic rings. The predicted octanol–water partition coefficient (Wildman–Crippen LogP) is 1.47. The maximum Gasteiger partial charge on any atom is 0.247 e. The maximum atomic E-state index is 13.2. The van der Waals surface area contributed by atoms with Crippen LogP contribution in [-0.2, 0) is 20.7 Å². The summed E-state index contributed by atoms with van der Waals surface area (Å²) < 4.78 is 10.4. The summed E-state index contributed by atoms with van der Waals surface area (Å²) in [6, 6.07) is 17.1. The van der Waals surface area contributed by atoms with Crippen LogP contribution in [-0.4, -0.2) is 69.8 Å². The van der Waals surface area contributed by atoms with Gasteiger partial charge in [0.2, 0.25) is 11.8 Å². The van der Waals surface area contributed by atoms with Crippen molar-refractivity contribution >= 4 is 17.5 Å². The number of hydrazine groups is 1. The first-order valence-corrected chi connectivity index (χ1v) is 11.4. The fourth-order valence-corrected chi connectivity index (χ4v) is 4.61. The van der Waals surface area contributed by atoms with Gasteiger partial charge in [-0.2, -0.15) is 0 Å². The second-order valence-corrected chi connectivity index (χ2v) is 8.52. The first-order chi connectivity index (χ1) is 16.1. The van der Waals surface area contributed by atoms with Crippen LogP contribution in [0.15, 0.2) is 54.6 Å². The fourth-order valence-electron chi connectivity index (χ4n) is 4.61. The van der Waals surface area contributed by atoms with E-state index in [1.54, 1.807) is 19.2 Å². The van der Waals surface area contributed by atoms with Crippen molar-refractivity contribution in [3.8, 4) is 5.75 Å². The molecule has 3 atom stereocenters. The van der Waals surface area contributed by atoms with Crippen molar-refractivity contribution in [2.45, 2.75) is 12.5 Å². The van der Waals surface area contributed by atoms with Crippen LogP contribution in [0.3, 0.4) is 0 Å². The molecule has 0 bridgehead atoms. The van der Waals surface area contributed by atoms with Gasteiger partial charge in [-0.3, -0.25) is 14.5 Å². The normalized spacial score (nSPS) is 22.8. The molecule has 2 amide bonds. The van der Waals surface area contributed by atoms with E-state index in [-0.39, 0.29) is 29.7 Å². The van der Waals surface area contributed by atoms with Crippen LogP contribution in [0.25, 0.3) is 0 Å². The molecule has 2 saturated heterocycles. The predicted molar refractivity (Wildman–Crippen MR) is 126 cm³/mol. The number of fused-ring (bicyclic) bond motifs is 1. The van der Waals surface area contributed by atoms with Crippen molar-refractivity contribution in [3.63, 3.8) is 0 Å². The minimum absolute atomic E-state index is 0.00403. The molecule has 2 aromatic rings. The first-order valence-electron chi connectivity index (χ1n) is 11.4. The highest BCUT2D eigenvalue weighted by Gasteiger charge is 2.50. The van der Waals surface area contributed by atoms with Gasteiger partial charge in [-0.1, -0.05) is 30.3 Å². The summed E-state index contributed by atoms with van der Waals surface area (Å²) in [4.78, 5) is 28.6. The van der Waals surface area contributed by atoms with E-state index in [0.29, 0.717) is 32.8 Å². The number of hydrogen-bond acceptors (Lipinski definition) is 6. The van der Waals surface area contributed by atoms with Crippen molar-refractivity contribution in [1.82, 2.24) is 15.6 Å². The monoisotopic (exact) mass is 452 g/mol. The molecular weight excluding hydrogens is 420 g/mol. The Bertz CT molecular complexity index is 937.